The lowest BCUT2D eigenvalue weighted by molar-refractivity contribution is -0.129. The number of carbonyl (C=O) groups excluding carboxylic acids is 1. The van der Waals surface area contributed by atoms with Crippen LogP contribution in [0, 0.1) is 13.8 Å². The molecule has 2 rings (SSSR count). The predicted molar refractivity (Wildman–Crippen MR) is 68.6 cm³/mol. The Morgan fingerprint density at radius 1 is 1.41 bits per heavy atom. The van der Waals surface area contributed by atoms with Crippen LogP contribution in [-0.2, 0) is 4.79 Å². The van der Waals surface area contributed by atoms with Crippen LogP contribution in [0.2, 0.25) is 0 Å². The number of amides is 1. The lowest BCUT2D eigenvalue weighted by Gasteiger charge is -2.26. The Morgan fingerprint density at radius 2 is 2.12 bits per heavy atom. The number of rotatable bonds is 2. The van der Waals surface area contributed by atoms with Gasteiger partial charge in [0.2, 0.25) is 5.91 Å². The molecule has 1 heterocycles. The molecule has 1 aliphatic rings. The van der Waals surface area contributed by atoms with Crippen LogP contribution in [0.5, 0.6) is 0 Å². The van der Waals surface area contributed by atoms with E-state index >= 15 is 0 Å². The summed E-state index contributed by atoms with van der Waals surface area (Å²) in [6.45, 7) is 6.93. The van der Waals surface area contributed by atoms with E-state index in [0.717, 1.165) is 0 Å². The molecule has 1 saturated heterocycles. The van der Waals surface area contributed by atoms with Gasteiger partial charge in [-0.3, -0.25) is 4.79 Å². The van der Waals surface area contributed by atoms with E-state index in [1.807, 2.05) is 4.90 Å². The Kier molecular flexibility index (Phi) is 3.20. The molecule has 0 spiro atoms. The average molecular weight is 232 g/mol. The van der Waals surface area contributed by atoms with E-state index in [2.05, 4.69) is 39.0 Å². The molecule has 92 valence electrons. The van der Waals surface area contributed by atoms with E-state index in [-0.39, 0.29) is 18.0 Å². The summed E-state index contributed by atoms with van der Waals surface area (Å²) in [5, 5.41) is 0. The van der Waals surface area contributed by atoms with Crippen molar-refractivity contribution in [1.29, 1.82) is 0 Å². The van der Waals surface area contributed by atoms with Crippen molar-refractivity contribution >= 4 is 5.91 Å². The Morgan fingerprint density at radius 3 is 2.65 bits per heavy atom. The first kappa shape index (κ1) is 12.1. The van der Waals surface area contributed by atoms with Gasteiger partial charge in [-0.05, 0) is 31.9 Å². The van der Waals surface area contributed by atoms with E-state index in [9.17, 15) is 4.79 Å². The van der Waals surface area contributed by atoms with Gasteiger partial charge in [-0.1, -0.05) is 23.8 Å². The van der Waals surface area contributed by atoms with E-state index < -0.39 is 0 Å². The lowest BCUT2D eigenvalue weighted by atomic mass is 9.99. The zero-order valence-electron chi connectivity index (χ0n) is 10.7. The topological polar surface area (TPSA) is 46.3 Å². The van der Waals surface area contributed by atoms with E-state index in [4.69, 9.17) is 5.73 Å². The molecule has 1 aromatic carbocycles. The third kappa shape index (κ3) is 2.34. The third-order valence-corrected chi connectivity index (χ3v) is 3.53. The van der Waals surface area contributed by atoms with E-state index in [0.29, 0.717) is 13.0 Å². The second kappa shape index (κ2) is 4.49. The standard InChI is InChI=1S/C14H20N2O/c1-9-4-5-13(10(2)6-9)11(3)16-8-12(15)7-14(16)17/h4-6,11-12H,7-8,15H2,1-3H3. The maximum absolute atomic E-state index is 11.8. The maximum atomic E-state index is 11.8. The fraction of sp³-hybridized carbons (Fsp3) is 0.500. The average Bonchev–Trinajstić information content (AvgIpc) is 2.57. The molecule has 0 radical (unpaired) electrons. The summed E-state index contributed by atoms with van der Waals surface area (Å²) >= 11 is 0. The van der Waals surface area contributed by atoms with Crippen LogP contribution in [-0.4, -0.2) is 23.4 Å². The number of likely N-dealkylation sites (tertiary alicyclic amines) is 1. The molecular formula is C14H20N2O. The first-order valence-electron chi connectivity index (χ1n) is 6.11. The van der Waals surface area contributed by atoms with Gasteiger partial charge in [-0.15, -0.1) is 0 Å². The molecular weight excluding hydrogens is 212 g/mol. The second-order valence-corrected chi connectivity index (χ2v) is 5.05. The number of hydrogen-bond acceptors (Lipinski definition) is 2. The van der Waals surface area contributed by atoms with Crippen molar-refractivity contribution in [2.24, 2.45) is 5.73 Å². The Bertz CT molecular complexity index is 442. The molecule has 1 aliphatic heterocycles. The molecule has 2 N–H and O–H groups in total. The minimum Gasteiger partial charge on any atom is -0.334 e. The quantitative estimate of drug-likeness (QED) is 0.846. The highest BCUT2D eigenvalue weighted by Crippen LogP contribution is 2.27. The Labute approximate surface area is 103 Å². The normalized spacial score (nSPS) is 22.0. The van der Waals surface area contributed by atoms with Gasteiger partial charge in [-0.25, -0.2) is 0 Å². The highest BCUT2D eigenvalue weighted by Gasteiger charge is 2.31. The fourth-order valence-electron chi connectivity index (χ4n) is 2.60. The summed E-state index contributed by atoms with van der Waals surface area (Å²) in [6.07, 6.45) is 0.481. The van der Waals surface area contributed by atoms with Crippen LogP contribution < -0.4 is 5.73 Å². The summed E-state index contributed by atoms with van der Waals surface area (Å²) in [5.74, 6) is 0.171. The van der Waals surface area contributed by atoms with Crippen LogP contribution in [0.4, 0.5) is 0 Å². The van der Waals surface area contributed by atoms with Crippen molar-refractivity contribution < 1.29 is 4.79 Å². The third-order valence-electron chi connectivity index (χ3n) is 3.53. The van der Waals surface area contributed by atoms with Gasteiger partial charge in [0.15, 0.2) is 0 Å². The van der Waals surface area contributed by atoms with Gasteiger partial charge in [-0.2, -0.15) is 0 Å². The summed E-state index contributed by atoms with van der Waals surface area (Å²) in [6, 6.07) is 6.49. The lowest BCUT2D eigenvalue weighted by Crippen LogP contribution is -2.31. The van der Waals surface area contributed by atoms with E-state index in [1.54, 1.807) is 0 Å². The van der Waals surface area contributed by atoms with Crippen LogP contribution in [0.3, 0.4) is 0 Å². The summed E-state index contributed by atoms with van der Waals surface area (Å²) in [4.78, 5) is 13.7. The van der Waals surface area contributed by atoms with Crippen molar-refractivity contribution in [1.82, 2.24) is 4.90 Å². The highest BCUT2D eigenvalue weighted by atomic mass is 16.2. The minimum atomic E-state index is -0.00398. The van der Waals surface area contributed by atoms with Crippen molar-refractivity contribution in [2.75, 3.05) is 6.54 Å². The molecule has 3 heteroatoms. The molecule has 1 fully saturated rings. The molecule has 0 aromatic heterocycles. The first-order valence-corrected chi connectivity index (χ1v) is 6.11. The Hall–Kier alpha value is -1.35. The second-order valence-electron chi connectivity index (χ2n) is 5.05. The SMILES string of the molecule is Cc1ccc(C(C)N2CC(N)CC2=O)c(C)c1. The summed E-state index contributed by atoms with van der Waals surface area (Å²) in [5.41, 5.74) is 9.55. The molecule has 1 aromatic rings. The minimum absolute atomic E-state index is 0.00398. The zero-order valence-corrected chi connectivity index (χ0v) is 10.7. The van der Waals surface area contributed by atoms with Gasteiger partial charge in [0.05, 0.1) is 6.04 Å². The molecule has 2 unspecified atom stereocenters. The van der Waals surface area contributed by atoms with Crippen molar-refractivity contribution in [3.63, 3.8) is 0 Å². The molecule has 1 amide bonds. The number of nitrogens with two attached hydrogens (primary N) is 1. The van der Waals surface area contributed by atoms with Crippen LogP contribution in [0.25, 0.3) is 0 Å². The first-order chi connectivity index (χ1) is 7.99. The van der Waals surface area contributed by atoms with Gasteiger partial charge in [0, 0.05) is 19.0 Å². The van der Waals surface area contributed by atoms with Crippen LogP contribution >= 0.6 is 0 Å². The highest BCUT2D eigenvalue weighted by molar-refractivity contribution is 5.79. The number of hydrogen-bond donors (Lipinski definition) is 1. The number of nitrogens with zero attached hydrogens (tertiary/aromatic N) is 1. The van der Waals surface area contributed by atoms with Crippen LogP contribution in [0.15, 0.2) is 18.2 Å². The van der Waals surface area contributed by atoms with Gasteiger partial charge in [0.1, 0.15) is 0 Å². The molecule has 3 nitrogen and oxygen atoms in total. The monoisotopic (exact) mass is 232 g/mol. The predicted octanol–water partition coefficient (Wildman–Crippen LogP) is 1.92. The fourth-order valence-corrected chi connectivity index (χ4v) is 2.60. The van der Waals surface area contributed by atoms with E-state index in [1.165, 1.54) is 16.7 Å². The molecule has 17 heavy (non-hydrogen) atoms. The number of aryl methyl sites for hydroxylation is 2. The smallest absolute Gasteiger partial charge is 0.224 e. The molecule has 0 aliphatic carbocycles. The number of benzene rings is 1. The van der Waals surface area contributed by atoms with Gasteiger partial charge < -0.3 is 10.6 Å². The molecule has 0 bridgehead atoms. The largest absolute Gasteiger partial charge is 0.334 e. The van der Waals surface area contributed by atoms with Gasteiger partial charge in [0.25, 0.3) is 0 Å². The summed E-state index contributed by atoms with van der Waals surface area (Å²) < 4.78 is 0. The molecule has 0 saturated carbocycles. The maximum Gasteiger partial charge on any atom is 0.224 e. The van der Waals surface area contributed by atoms with Gasteiger partial charge >= 0.3 is 0 Å². The van der Waals surface area contributed by atoms with Crippen LogP contribution in [0.1, 0.15) is 36.1 Å². The number of carbonyl (C=O) groups is 1. The zero-order chi connectivity index (χ0) is 12.6. The van der Waals surface area contributed by atoms with Crippen molar-refractivity contribution in [2.45, 2.75) is 39.3 Å². The summed E-state index contributed by atoms with van der Waals surface area (Å²) in [7, 11) is 0. The van der Waals surface area contributed by atoms with Crippen molar-refractivity contribution in [3.8, 4) is 0 Å². The van der Waals surface area contributed by atoms with Crippen molar-refractivity contribution in [3.05, 3.63) is 34.9 Å². The Balaban J connectivity index is 2.25. The molecule has 2 atom stereocenters.